The van der Waals surface area contributed by atoms with Gasteiger partial charge in [0.25, 0.3) is 0 Å². The fourth-order valence-corrected chi connectivity index (χ4v) is 1.89. The SMILES string of the molecule is CCN(Cc1ccncc1)c1ccc(C#N)c(F)c1. The van der Waals surface area contributed by atoms with Gasteiger partial charge in [-0.25, -0.2) is 4.39 Å². The lowest BCUT2D eigenvalue weighted by Crippen LogP contribution is -2.22. The predicted molar refractivity (Wildman–Crippen MR) is 72.1 cm³/mol. The average Bonchev–Trinajstić information content (AvgIpc) is 2.46. The molecule has 0 saturated heterocycles. The molecule has 1 heterocycles. The van der Waals surface area contributed by atoms with Crippen LogP contribution >= 0.6 is 0 Å². The largest absolute Gasteiger partial charge is 0.367 e. The summed E-state index contributed by atoms with van der Waals surface area (Å²) in [5.41, 5.74) is 1.96. The Balaban J connectivity index is 2.23. The number of anilines is 1. The lowest BCUT2D eigenvalue weighted by Gasteiger charge is -2.23. The molecular weight excluding hydrogens is 241 g/mol. The molecule has 19 heavy (non-hydrogen) atoms. The maximum atomic E-state index is 13.6. The van der Waals surface area contributed by atoms with E-state index in [0.717, 1.165) is 17.8 Å². The highest BCUT2D eigenvalue weighted by molar-refractivity contribution is 5.50. The van der Waals surface area contributed by atoms with Gasteiger partial charge in [0.05, 0.1) is 5.56 Å². The monoisotopic (exact) mass is 255 g/mol. The Labute approximate surface area is 111 Å². The Morgan fingerprint density at radius 1 is 1.26 bits per heavy atom. The van der Waals surface area contributed by atoms with Crippen molar-refractivity contribution in [2.75, 3.05) is 11.4 Å². The smallest absolute Gasteiger partial charge is 0.143 e. The fraction of sp³-hybridized carbons (Fsp3) is 0.200. The third-order valence-electron chi connectivity index (χ3n) is 2.94. The Morgan fingerprint density at radius 2 is 2.00 bits per heavy atom. The highest BCUT2D eigenvalue weighted by Gasteiger charge is 2.09. The number of rotatable bonds is 4. The Morgan fingerprint density at radius 3 is 2.58 bits per heavy atom. The Bertz CT molecular complexity index is 590. The van der Waals surface area contributed by atoms with E-state index in [9.17, 15) is 4.39 Å². The van der Waals surface area contributed by atoms with Crippen molar-refractivity contribution in [2.45, 2.75) is 13.5 Å². The van der Waals surface area contributed by atoms with E-state index in [1.165, 1.54) is 12.1 Å². The van der Waals surface area contributed by atoms with E-state index >= 15 is 0 Å². The van der Waals surface area contributed by atoms with Gasteiger partial charge in [-0.05, 0) is 42.8 Å². The second-order valence-electron chi connectivity index (χ2n) is 4.15. The minimum Gasteiger partial charge on any atom is -0.367 e. The molecular formula is C15H14FN3. The number of aromatic nitrogens is 1. The van der Waals surface area contributed by atoms with Crippen LogP contribution in [0.5, 0.6) is 0 Å². The molecule has 2 rings (SSSR count). The van der Waals surface area contributed by atoms with E-state index < -0.39 is 5.82 Å². The highest BCUT2D eigenvalue weighted by Crippen LogP contribution is 2.20. The predicted octanol–water partition coefficient (Wildman–Crippen LogP) is 3.12. The van der Waals surface area contributed by atoms with Gasteiger partial charge in [0.2, 0.25) is 0 Å². The third kappa shape index (κ3) is 3.08. The summed E-state index contributed by atoms with van der Waals surface area (Å²) < 4.78 is 13.6. The standard InChI is InChI=1S/C15H14FN3/c1-2-19(11-12-5-7-18-8-6-12)14-4-3-13(10-17)15(16)9-14/h3-9H,2,11H2,1H3. The van der Waals surface area contributed by atoms with Crippen molar-refractivity contribution >= 4 is 5.69 Å². The molecule has 0 bridgehead atoms. The topological polar surface area (TPSA) is 39.9 Å². The molecule has 0 unspecified atom stereocenters. The Hall–Kier alpha value is -2.41. The van der Waals surface area contributed by atoms with Crippen molar-refractivity contribution in [3.05, 3.63) is 59.7 Å². The molecule has 96 valence electrons. The van der Waals surface area contributed by atoms with Gasteiger partial charge in [-0.1, -0.05) is 0 Å². The van der Waals surface area contributed by atoms with Crippen LogP contribution in [0.3, 0.4) is 0 Å². The molecule has 3 nitrogen and oxygen atoms in total. The van der Waals surface area contributed by atoms with E-state index in [0.29, 0.717) is 6.54 Å². The zero-order chi connectivity index (χ0) is 13.7. The highest BCUT2D eigenvalue weighted by atomic mass is 19.1. The summed E-state index contributed by atoms with van der Waals surface area (Å²) in [5.74, 6) is -0.479. The molecule has 0 radical (unpaired) electrons. The maximum Gasteiger partial charge on any atom is 0.143 e. The number of hydrogen-bond acceptors (Lipinski definition) is 3. The van der Waals surface area contributed by atoms with Crippen LogP contribution in [0.1, 0.15) is 18.1 Å². The van der Waals surface area contributed by atoms with E-state index in [1.807, 2.05) is 30.0 Å². The third-order valence-corrected chi connectivity index (χ3v) is 2.94. The van der Waals surface area contributed by atoms with Gasteiger partial charge in [0, 0.05) is 31.2 Å². The summed E-state index contributed by atoms with van der Waals surface area (Å²) in [6, 6.07) is 10.4. The van der Waals surface area contributed by atoms with Crippen LogP contribution in [-0.4, -0.2) is 11.5 Å². The molecule has 0 aliphatic rings. The lowest BCUT2D eigenvalue weighted by molar-refractivity contribution is 0.622. The van der Waals surface area contributed by atoms with Crippen LogP contribution in [0.2, 0.25) is 0 Å². The quantitative estimate of drug-likeness (QED) is 0.842. The fourth-order valence-electron chi connectivity index (χ4n) is 1.89. The molecule has 0 atom stereocenters. The molecule has 0 amide bonds. The molecule has 1 aromatic carbocycles. The van der Waals surface area contributed by atoms with E-state index in [-0.39, 0.29) is 5.56 Å². The summed E-state index contributed by atoms with van der Waals surface area (Å²) in [7, 11) is 0. The first-order chi connectivity index (χ1) is 9.24. The van der Waals surface area contributed by atoms with Gasteiger partial charge in [-0.2, -0.15) is 5.26 Å². The first-order valence-electron chi connectivity index (χ1n) is 6.08. The number of hydrogen-bond donors (Lipinski definition) is 0. The molecule has 0 N–H and O–H groups in total. The minimum atomic E-state index is -0.479. The van der Waals surface area contributed by atoms with Crippen LogP contribution in [0.4, 0.5) is 10.1 Å². The van der Waals surface area contributed by atoms with Crippen LogP contribution in [0.25, 0.3) is 0 Å². The van der Waals surface area contributed by atoms with Crippen molar-refractivity contribution < 1.29 is 4.39 Å². The van der Waals surface area contributed by atoms with Crippen LogP contribution < -0.4 is 4.90 Å². The van der Waals surface area contributed by atoms with Crippen molar-refractivity contribution in [3.8, 4) is 6.07 Å². The molecule has 0 fully saturated rings. The molecule has 2 aromatic rings. The van der Waals surface area contributed by atoms with Gasteiger partial charge >= 0.3 is 0 Å². The van der Waals surface area contributed by atoms with Crippen LogP contribution in [0.15, 0.2) is 42.7 Å². The molecule has 1 aromatic heterocycles. The summed E-state index contributed by atoms with van der Waals surface area (Å²) in [6.45, 7) is 3.45. The second-order valence-corrected chi connectivity index (χ2v) is 4.15. The summed E-state index contributed by atoms with van der Waals surface area (Å²) >= 11 is 0. The van der Waals surface area contributed by atoms with E-state index in [2.05, 4.69) is 4.98 Å². The first kappa shape index (κ1) is 13.0. The number of benzene rings is 1. The summed E-state index contributed by atoms with van der Waals surface area (Å²) in [4.78, 5) is 6.01. The van der Waals surface area contributed by atoms with Crippen molar-refractivity contribution in [2.24, 2.45) is 0 Å². The number of nitrogens with zero attached hydrogens (tertiary/aromatic N) is 3. The molecule has 0 aliphatic carbocycles. The first-order valence-corrected chi connectivity index (χ1v) is 6.08. The molecule has 0 saturated carbocycles. The average molecular weight is 255 g/mol. The van der Waals surface area contributed by atoms with E-state index in [4.69, 9.17) is 5.26 Å². The summed E-state index contributed by atoms with van der Waals surface area (Å²) in [5, 5.41) is 8.73. The van der Waals surface area contributed by atoms with Crippen molar-refractivity contribution in [1.29, 1.82) is 5.26 Å². The van der Waals surface area contributed by atoms with Gasteiger partial charge in [0.15, 0.2) is 0 Å². The van der Waals surface area contributed by atoms with E-state index in [1.54, 1.807) is 18.5 Å². The van der Waals surface area contributed by atoms with Gasteiger partial charge < -0.3 is 4.90 Å². The number of nitriles is 1. The minimum absolute atomic E-state index is 0.0729. The molecule has 0 spiro atoms. The zero-order valence-corrected chi connectivity index (χ0v) is 10.7. The Kier molecular flexibility index (Phi) is 4.09. The summed E-state index contributed by atoms with van der Waals surface area (Å²) in [6.07, 6.45) is 3.48. The van der Waals surface area contributed by atoms with Crippen molar-refractivity contribution in [3.63, 3.8) is 0 Å². The second kappa shape index (κ2) is 5.96. The van der Waals surface area contributed by atoms with Gasteiger partial charge in [-0.15, -0.1) is 0 Å². The van der Waals surface area contributed by atoms with Crippen molar-refractivity contribution in [1.82, 2.24) is 4.98 Å². The maximum absolute atomic E-state index is 13.6. The normalized spacial score (nSPS) is 9.95. The zero-order valence-electron chi connectivity index (χ0n) is 10.7. The van der Waals surface area contributed by atoms with Gasteiger partial charge in [-0.3, -0.25) is 4.98 Å². The number of pyridine rings is 1. The molecule has 0 aliphatic heterocycles. The molecule has 4 heteroatoms. The van der Waals surface area contributed by atoms with Crippen LogP contribution in [0, 0.1) is 17.1 Å². The lowest BCUT2D eigenvalue weighted by atomic mass is 10.1. The number of halogens is 1. The van der Waals surface area contributed by atoms with Crippen LogP contribution in [-0.2, 0) is 6.54 Å². The van der Waals surface area contributed by atoms with Gasteiger partial charge in [0.1, 0.15) is 11.9 Å².